The summed E-state index contributed by atoms with van der Waals surface area (Å²) in [6.45, 7) is 7.79. The van der Waals surface area contributed by atoms with E-state index in [1.54, 1.807) is 0 Å². The first-order chi connectivity index (χ1) is 12.1. The van der Waals surface area contributed by atoms with Crippen LogP contribution in [-0.4, -0.2) is 68.1 Å². The first-order valence-corrected chi connectivity index (χ1v) is 8.90. The number of nitrogens with one attached hydrogen (secondary N) is 1. The summed E-state index contributed by atoms with van der Waals surface area (Å²) in [5, 5.41) is 2.86. The molecule has 138 valence electrons. The van der Waals surface area contributed by atoms with Crippen molar-refractivity contribution < 1.29 is 14.3 Å². The lowest BCUT2D eigenvalue weighted by molar-refractivity contribution is -0.140. The van der Waals surface area contributed by atoms with Gasteiger partial charge in [-0.05, 0) is 18.9 Å². The lowest BCUT2D eigenvalue weighted by atomic mass is 10.1. The average molecular weight is 347 g/mol. The third kappa shape index (κ3) is 7.23. The first-order valence-electron chi connectivity index (χ1n) is 8.90. The predicted molar refractivity (Wildman–Crippen MR) is 97.2 cm³/mol. The van der Waals surface area contributed by atoms with Crippen LogP contribution < -0.4 is 5.32 Å². The van der Waals surface area contributed by atoms with Crippen LogP contribution in [0.2, 0.25) is 0 Å². The SMILES string of the molecule is COC(=O)CCCNC(=O)CN1CCN(Cc2cccc(C)c2)CC1. The van der Waals surface area contributed by atoms with Crippen LogP contribution in [0.3, 0.4) is 0 Å². The molecule has 1 fully saturated rings. The van der Waals surface area contributed by atoms with E-state index in [1.807, 2.05) is 0 Å². The molecule has 6 nitrogen and oxygen atoms in total. The summed E-state index contributed by atoms with van der Waals surface area (Å²) in [7, 11) is 1.37. The average Bonchev–Trinajstić information content (AvgIpc) is 2.60. The van der Waals surface area contributed by atoms with Crippen molar-refractivity contribution in [2.24, 2.45) is 0 Å². The highest BCUT2D eigenvalue weighted by Gasteiger charge is 2.18. The Labute approximate surface area is 150 Å². The third-order valence-corrected chi connectivity index (χ3v) is 4.43. The molecule has 1 heterocycles. The molecule has 0 atom stereocenters. The number of rotatable bonds is 8. The minimum Gasteiger partial charge on any atom is -0.469 e. The van der Waals surface area contributed by atoms with Gasteiger partial charge in [0, 0.05) is 45.7 Å². The molecular formula is C19H29N3O3. The van der Waals surface area contributed by atoms with Gasteiger partial charge in [-0.25, -0.2) is 0 Å². The molecule has 1 saturated heterocycles. The van der Waals surface area contributed by atoms with Crippen LogP contribution >= 0.6 is 0 Å². The van der Waals surface area contributed by atoms with Crippen molar-refractivity contribution in [3.05, 3.63) is 35.4 Å². The molecule has 0 bridgehead atoms. The number of methoxy groups -OCH3 is 1. The zero-order chi connectivity index (χ0) is 18.1. The maximum atomic E-state index is 12.0. The summed E-state index contributed by atoms with van der Waals surface area (Å²) in [6, 6.07) is 8.62. The van der Waals surface area contributed by atoms with Crippen LogP contribution in [0.4, 0.5) is 0 Å². The van der Waals surface area contributed by atoms with E-state index < -0.39 is 0 Å². The molecule has 0 spiro atoms. The van der Waals surface area contributed by atoms with Crippen LogP contribution in [0.15, 0.2) is 24.3 Å². The molecule has 1 amide bonds. The van der Waals surface area contributed by atoms with Gasteiger partial charge in [0.25, 0.3) is 0 Å². The Morgan fingerprint density at radius 3 is 2.56 bits per heavy atom. The number of hydrogen-bond donors (Lipinski definition) is 1. The monoisotopic (exact) mass is 347 g/mol. The summed E-state index contributed by atoms with van der Waals surface area (Å²) in [4.78, 5) is 27.6. The summed E-state index contributed by atoms with van der Waals surface area (Å²) < 4.78 is 4.57. The maximum absolute atomic E-state index is 12.0. The van der Waals surface area contributed by atoms with E-state index in [9.17, 15) is 9.59 Å². The molecule has 1 aromatic carbocycles. The number of amides is 1. The molecule has 0 aromatic heterocycles. The van der Waals surface area contributed by atoms with Crippen LogP contribution in [0.1, 0.15) is 24.0 Å². The zero-order valence-corrected chi connectivity index (χ0v) is 15.3. The second-order valence-electron chi connectivity index (χ2n) is 6.57. The van der Waals surface area contributed by atoms with Crippen molar-refractivity contribution in [1.82, 2.24) is 15.1 Å². The number of nitrogens with zero attached hydrogens (tertiary/aromatic N) is 2. The number of carbonyl (C=O) groups is 2. The van der Waals surface area contributed by atoms with Gasteiger partial charge in [0.05, 0.1) is 13.7 Å². The molecule has 1 N–H and O–H groups in total. The summed E-state index contributed by atoms with van der Waals surface area (Å²) in [6.07, 6.45) is 0.955. The van der Waals surface area contributed by atoms with Crippen LogP contribution in [-0.2, 0) is 20.9 Å². The Kier molecular flexibility index (Phi) is 7.88. The molecule has 2 rings (SSSR count). The van der Waals surface area contributed by atoms with Crippen molar-refractivity contribution in [2.75, 3.05) is 46.4 Å². The fraction of sp³-hybridized carbons (Fsp3) is 0.579. The van der Waals surface area contributed by atoms with Crippen molar-refractivity contribution in [3.63, 3.8) is 0 Å². The van der Waals surface area contributed by atoms with Gasteiger partial charge >= 0.3 is 5.97 Å². The molecule has 25 heavy (non-hydrogen) atoms. The number of benzene rings is 1. The van der Waals surface area contributed by atoms with Gasteiger partial charge in [-0.1, -0.05) is 29.8 Å². The lowest BCUT2D eigenvalue weighted by Gasteiger charge is -2.34. The number of hydrogen-bond acceptors (Lipinski definition) is 5. The Morgan fingerprint density at radius 1 is 1.16 bits per heavy atom. The van der Waals surface area contributed by atoms with Crippen molar-refractivity contribution in [3.8, 4) is 0 Å². The fourth-order valence-electron chi connectivity index (χ4n) is 3.00. The number of esters is 1. The number of piperazine rings is 1. The highest BCUT2D eigenvalue weighted by Crippen LogP contribution is 2.10. The van der Waals surface area contributed by atoms with Gasteiger partial charge in [0.1, 0.15) is 0 Å². The third-order valence-electron chi connectivity index (χ3n) is 4.43. The second-order valence-corrected chi connectivity index (χ2v) is 6.57. The Morgan fingerprint density at radius 2 is 1.88 bits per heavy atom. The molecule has 6 heteroatoms. The Hall–Kier alpha value is -1.92. The van der Waals surface area contributed by atoms with Crippen molar-refractivity contribution >= 4 is 11.9 Å². The van der Waals surface area contributed by atoms with Crippen molar-refractivity contribution in [2.45, 2.75) is 26.3 Å². The molecule has 1 aliphatic rings. The standard InChI is InChI=1S/C19H29N3O3/c1-16-5-3-6-17(13-16)14-21-9-11-22(12-10-21)15-18(23)20-8-4-7-19(24)25-2/h3,5-6,13H,4,7-12,14-15H2,1-2H3,(H,20,23). The highest BCUT2D eigenvalue weighted by molar-refractivity contribution is 5.78. The molecule has 1 aromatic rings. The number of carbonyl (C=O) groups excluding carboxylic acids is 2. The molecule has 0 unspecified atom stereocenters. The minimum atomic E-state index is -0.237. The predicted octanol–water partition coefficient (Wildman–Crippen LogP) is 1.18. The fourth-order valence-corrected chi connectivity index (χ4v) is 3.00. The van der Waals surface area contributed by atoms with Crippen LogP contribution in [0.25, 0.3) is 0 Å². The van der Waals surface area contributed by atoms with Gasteiger partial charge in [-0.15, -0.1) is 0 Å². The molecule has 0 radical (unpaired) electrons. The Balaban J connectivity index is 1.61. The first kappa shape index (κ1) is 19.4. The smallest absolute Gasteiger partial charge is 0.305 e. The maximum Gasteiger partial charge on any atom is 0.305 e. The van der Waals surface area contributed by atoms with E-state index in [2.05, 4.69) is 51.0 Å². The summed E-state index contributed by atoms with van der Waals surface area (Å²) >= 11 is 0. The largest absolute Gasteiger partial charge is 0.469 e. The topological polar surface area (TPSA) is 61.9 Å². The van der Waals surface area contributed by atoms with E-state index >= 15 is 0 Å². The van der Waals surface area contributed by atoms with Gasteiger partial charge in [-0.2, -0.15) is 0 Å². The molecular weight excluding hydrogens is 318 g/mol. The minimum absolute atomic E-state index is 0.0250. The van der Waals surface area contributed by atoms with Crippen LogP contribution in [0, 0.1) is 6.92 Å². The van der Waals surface area contributed by atoms with Gasteiger partial charge in [0.2, 0.25) is 5.91 Å². The van der Waals surface area contributed by atoms with E-state index in [1.165, 1.54) is 18.2 Å². The quantitative estimate of drug-likeness (QED) is 0.565. The van der Waals surface area contributed by atoms with E-state index in [0.717, 1.165) is 32.7 Å². The lowest BCUT2D eigenvalue weighted by Crippen LogP contribution is -2.49. The van der Waals surface area contributed by atoms with Crippen molar-refractivity contribution in [1.29, 1.82) is 0 Å². The highest BCUT2D eigenvalue weighted by atomic mass is 16.5. The van der Waals surface area contributed by atoms with Gasteiger partial charge in [0.15, 0.2) is 0 Å². The van der Waals surface area contributed by atoms with E-state index in [0.29, 0.717) is 25.9 Å². The number of ether oxygens (including phenoxy) is 1. The summed E-state index contributed by atoms with van der Waals surface area (Å²) in [5.41, 5.74) is 2.64. The Bertz CT molecular complexity index is 569. The van der Waals surface area contributed by atoms with E-state index in [4.69, 9.17) is 0 Å². The molecule has 1 aliphatic heterocycles. The van der Waals surface area contributed by atoms with Gasteiger partial charge < -0.3 is 10.1 Å². The molecule has 0 saturated carbocycles. The zero-order valence-electron chi connectivity index (χ0n) is 15.3. The van der Waals surface area contributed by atoms with Crippen LogP contribution in [0.5, 0.6) is 0 Å². The normalized spacial score (nSPS) is 15.8. The summed E-state index contributed by atoms with van der Waals surface area (Å²) in [5.74, 6) is -0.212. The van der Waals surface area contributed by atoms with E-state index in [-0.39, 0.29) is 11.9 Å². The second kappa shape index (κ2) is 10.2. The molecule has 0 aliphatic carbocycles. The number of aryl methyl sites for hydroxylation is 1. The van der Waals surface area contributed by atoms with Gasteiger partial charge in [-0.3, -0.25) is 19.4 Å².